The molecule has 150 valence electrons. The molecule has 2 N–H and O–H groups in total. The van der Waals surface area contributed by atoms with Crippen molar-refractivity contribution in [2.24, 2.45) is 0 Å². The molecule has 1 aromatic heterocycles. The number of H-pyrrole nitrogens is 1. The molecule has 0 spiro atoms. The lowest BCUT2D eigenvalue weighted by atomic mass is 10.1. The first-order valence-electron chi connectivity index (χ1n) is 8.70. The Hall–Kier alpha value is -3.04. The van der Waals surface area contributed by atoms with E-state index in [1.165, 1.54) is 29.7 Å². The summed E-state index contributed by atoms with van der Waals surface area (Å²) in [7, 11) is -2.53. The van der Waals surface area contributed by atoms with Crippen molar-refractivity contribution in [1.29, 1.82) is 0 Å². The number of aromatic nitrogens is 2. The summed E-state index contributed by atoms with van der Waals surface area (Å²) >= 11 is 6.02. The quantitative estimate of drug-likeness (QED) is 0.644. The van der Waals surface area contributed by atoms with Crippen molar-refractivity contribution in [2.45, 2.75) is 11.3 Å². The van der Waals surface area contributed by atoms with Gasteiger partial charge in [0.05, 0.1) is 19.0 Å². The maximum Gasteiger partial charge on any atom is 0.268 e. The highest BCUT2D eigenvalue weighted by Crippen LogP contribution is 2.37. The van der Waals surface area contributed by atoms with Crippen molar-refractivity contribution >= 4 is 39.0 Å². The number of carbonyl (C=O) groups excluding carboxylic acids is 1. The molecule has 0 unspecified atom stereocenters. The Labute approximate surface area is 172 Å². The number of hydrogen-bond acceptors (Lipinski definition) is 5. The summed E-state index contributed by atoms with van der Waals surface area (Å²) in [6.45, 7) is 0.263. The van der Waals surface area contributed by atoms with Gasteiger partial charge >= 0.3 is 0 Å². The van der Waals surface area contributed by atoms with Crippen LogP contribution in [0.4, 0.5) is 11.5 Å². The van der Waals surface area contributed by atoms with Crippen molar-refractivity contribution < 1.29 is 17.9 Å². The van der Waals surface area contributed by atoms with E-state index < -0.39 is 10.0 Å². The third-order valence-corrected chi connectivity index (χ3v) is 6.71. The highest BCUT2D eigenvalue weighted by molar-refractivity contribution is 7.93. The van der Waals surface area contributed by atoms with E-state index in [0.717, 1.165) is 5.56 Å². The van der Waals surface area contributed by atoms with E-state index >= 15 is 0 Å². The lowest BCUT2D eigenvalue weighted by molar-refractivity contribution is 0.102. The molecule has 1 amide bonds. The second-order valence-corrected chi connectivity index (χ2v) is 8.66. The standard InChI is InChI=1S/C19H17ClN4O4S/c1-28-16-5-4-14(20)11-17(16)29(26,27)24-9-7-12-2-3-13(10-15(12)24)19(25)22-18-6-8-21-23-18/h2-6,8,10-11H,7,9H2,1H3,(H2,21,22,23,25). The molecule has 1 aliphatic heterocycles. The Morgan fingerprint density at radius 2 is 2.07 bits per heavy atom. The summed E-state index contributed by atoms with van der Waals surface area (Å²) in [4.78, 5) is 12.5. The van der Waals surface area contributed by atoms with E-state index in [-0.39, 0.29) is 28.1 Å². The molecule has 0 fully saturated rings. The van der Waals surface area contributed by atoms with Gasteiger partial charge in [-0.3, -0.25) is 14.2 Å². The van der Waals surface area contributed by atoms with Crippen LogP contribution < -0.4 is 14.4 Å². The molecule has 29 heavy (non-hydrogen) atoms. The number of carbonyl (C=O) groups is 1. The number of rotatable bonds is 5. The van der Waals surface area contributed by atoms with Crippen LogP contribution in [0, 0.1) is 0 Å². The molecule has 2 heterocycles. The lowest BCUT2D eigenvalue weighted by Crippen LogP contribution is -2.29. The first-order chi connectivity index (χ1) is 13.9. The summed E-state index contributed by atoms with van der Waals surface area (Å²) in [6, 6.07) is 11.1. The van der Waals surface area contributed by atoms with Crippen molar-refractivity contribution in [3.63, 3.8) is 0 Å². The van der Waals surface area contributed by atoms with Gasteiger partial charge in [-0.1, -0.05) is 17.7 Å². The van der Waals surface area contributed by atoms with Crippen LogP contribution in [0.2, 0.25) is 5.02 Å². The third-order valence-electron chi connectivity index (χ3n) is 4.64. The van der Waals surface area contributed by atoms with E-state index in [9.17, 15) is 13.2 Å². The number of nitrogens with one attached hydrogen (secondary N) is 2. The van der Waals surface area contributed by atoms with Crippen molar-refractivity contribution in [3.8, 4) is 5.75 Å². The predicted molar refractivity (Wildman–Crippen MR) is 109 cm³/mol. The molecule has 0 bridgehead atoms. The molecular formula is C19H17ClN4O4S. The summed E-state index contributed by atoms with van der Waals surface area (Å²) in [5, 5.41) is 9.39. The molecule has 0 atom stereocenters. The summed E-state index contributed by atoms with van der Waals surface area (Å²) in [5.74, 6) is 0.279. The van der Waals surface area contributed by atoms with Crippen LogP contribution in [0.25, 0.3) is 0 Å². The van der Waals surface area contributed by atoms with Gasteiger partial charge in [-0.05, 0) is 42.3 Å². The number of halogens is 1. The van der Waals surface area contributed by atoms with Gasteiger partial charge in [-0.15, -0.1) is 0 Å². The average Bonchev–Trinajstić information content (AvgIpc) is 3.37. The molecule has 8 nitrogen and oxygen atoms in total. The van der Waals surface area contributed by atoms with Crippen LogP contribution in [0.15, 0.2) is 53.6 Å². The molecule has 0 saturated heterocycles. The zero-order valence-corrected chi connectivity index (χ0v) is 16.9. The van der Waals surface area contributed by atoms with Crippen LogP contribution in [-0.4, -0.2) is 38.2 Å². The van der Waals surface area contributed by atoms with Crippen molar-refractivity contribution in [1.82, 2.24) is 10.2 Å². The molecule has 0 aliphatic carbocycles. The molecular weight excluding hydrogens is 416 g/mol. The minimum atomic E-state index is -3.93. The number of fused-ring (bicyclic) bond motifs is 1. The smallest absolute Gasteiger partial charge is 0.268 e. The van der Waals surface area contributed by atoms with Gasteiger partial charge in [0, 0.05) is 23.2 Å². The van der Waals surface area contributed by atoms with Crippen LogP contribution in [0.1, 0.15) is 15.9 Å². The second kappa shape index (κ2) is 7.41. The van der Waals surface area contributed by atoms with Gasteiger partial charge in [0.25, 0.3) is 15.9 Å². The monoisotopic (exact) mass is 432 g/mol. The Morgan fingerprint density at radius 3 is 2.79 bits per heavy atom. The van der Waals surface area contributed by atoms with Gasteiger partial charge < -0.3 is 10.1 Å². The normalized spacial score (nSPS) is 13.2. The van der Waals surface area contributed by atoms with E-state index in [2.05, 4.69) is 15.5 Å². The first-order valence-corrected chi connectivity index (χ1v) is 10.5. The number of amides is 1. The molecule has 0 saturated carbocycles. The summed E-state index contributed by atoms with van der Waals surface area (Å²) in [5.41, 5.74) is 1.63. The number of methoxy groups -OCH3 is 1. The van der Waals surface area contributed by atoms with Gasteiger partial charge in [0.1, 0.15) is 16.5 Å². The fourth-order valence-corrected chi connectivity index (χ4v) is 5.15. The fraction of sp³-hybridized carbons (Fsp3) is 0.158. The number of ether oxygens (including phenoxy) is 1. The van der Waals surface area contributed by atoms with Crippen LogP contribution in [0.5, 0.6) is 5.75 Å². The van der Waals surface area contributed by atoms with E-state index in [4.69, 9.17) is 16.3 Å². The van der Waals surface area contributed by atoms with E-state index in [1.807, 2.05) is 0 Å². The second-order valence-electron chi connectivity index (χ2n) is 6.39. The topological polar surface area (TPSA) is 104 Å². The molecule has 3 aromatic rings. The highest BCUT2D eigenvalue weighted by Gasteiger charge is 2.33. The Bertz CT molecular complexity index is 1180. The maximum atomic E-state index is 13.3. The summed E-state index contributed by atoms with van der Waals surface area (Å²) < 4.78 is 33.2. The van der Waals surface area contributed by atoms with Crippen molar-refractivity contribution in [2.75, 3.05) is 23.3 Å². The minimum absolute atomic E-state index is 0.0207. The lowest BCUT2D eigenvalue weighted by Gasteiger charge is -2.21. The number of nitrogens with zero attached hydrogens (tertiary/aromatic N) is 2. The van der Waals surface area contributed by atoms with Gasteiger partial charge in [-0.25, -0.2) is 8.42 Å². The number of sulfonamides is 1. The number of anilines is 2. The SMILES string of the molecule is COc1ccc(Cl)cc1S(=O)(=O)N1CCc2ccc(C(=O)Nc3ccn[nH]3)cc21. The van der Waals surface area contributed by atoms with Gasteiger partial charge in [0.15, 0.2) is 0 Å². The van der Waals surface area contributed by atoms with Crippen LogP contribution in [-0.2, 0) is 16.4 Å². The van der Waals surface area contributed by atoms with Crippen molar-refractivity contribution in [3.05, 3.63) is 64.8 Å². The molecule has 10 heteroatoms. The van der Waals surface area contributed by atoms with Gasteiger partial charge in [0.2, 0.25) is 0 Å². The largest absolute Gasteiger partial charge is 0.495 e. The minimum Gasteiger partial charge on any atom is -0.495 e. The van der Waals surface area contributed by atoms with Crippen LogP contribution in [0.3, 0.4) is 0 Å². The predicted octanol–water partition coefficient (Wildman–Crippen LogP) is 3.08. The Morgan fingerprint density at radius 1 is 1.24 bits per heavy atom. The number of benzene rings is 2. The van der Waals surface area contributed by atoms with E-state index in [0.29, 0.717) is 23.5 Å². The first kappa shape index (κ1) is 19.3. The third kappa shape index (κ3) is 3.54. The van der Waals surface area contributed by atoms with Crippen LogP contribution >= 0.6 is 11.6 Å². The molecule has 1 aliphatic rings. The maximum absolute atomic E-state index is 13.3. The number of hydrogen-bond donors (Lipinski definition) is 2. The summed E-state index contributed by atoms with van der Waals surface area (Å²) in [6.07, 6.45) is 2.06. The van der Waals surface area contributed by atoms with E-state index in [1.54, 1.807) is 30.3 Å². The zero-order chi connectivity index (χ0) is 20.6. The molecule has 4 rings (SSSR count). The molecule has 0 radical (unpaired) electrons. The van der Waals surface area contributed by atoms with Gasteiger partial charge in [-0.2, -0.15) is 5.10 Å². The molecule has 2 aromatic carbocycles. The highest BCUT2D eigenvalue weighted by atomic mass is 35.5. The Kier molecular flexibility index (Phi) is 4.93. The number of aromatic amines is 1. The fourth-order valence-electron chi connectivity index (χ4n) is 3.23. The zero-order valence-electron chi connectivity index (χ0n) is 15.3. The Balaban J connectivity index is 1.71. The average molecular weight is 433 g/mol.